The van der Waals surface area contributed by atoms with Crippen LogP contribution in [-0.2, 0) is 4.74 Å². The molecule has 0 aromatic rings. The van der Waals surface area contributed by atoms with Crippen LogP contribution >= 0.6 is 24.0 Å². The molecule has 5 nitrogen and oxygen atoms in total. The van der Waals surface area contributed by atoms with E-state index in [2.05, 4.69) is 27.4 Å². The first kappa shape index (κ1) is 24.0. The van der Waals surface area contributed by atoms with E-state index in [0.717, 1.165) is 44.7 Å². The van der Waals surface area contributed by atoms with Crippen LogP contribution in [0.1, 0.15) is 64.7 Å². The van der Waals surface area contributed by atoms with Gasteiger partial charge in [0.2, 0.25) is 0 Å². The third-order valence-corrected chi connectivity index (χ3v) is 5.64. The average molecular weight is 480 g/mol. The molecule has 2 fully saturated rings. The summed E-state index contributed by atoms with van der Waals surface area (Å²) in [6.07, 6.45) is 12.3. The van der Waals surface area contributed by atoms with Gasteiger partial charge in [0.15, 0.2) is 5.96 Å². The van der Waals surface area contributed by atoms with E-state index < -0.39 is 0 Å². The van der Waals surface area contributed by atoms with Gasteiger partial charge in [-0.15, -0.1) is 24.0 Å². The van der Waals surface area contributed by atoms with Crippen LogP contribution in [0.4, 0.5) is 0 Å². The van der Waals surface area contributed by atoms with E-state index in [9.17, 15) is 0 Å². The number of hydrogen-bond acceptors (Lipinski definition) is 3. The summed E-state index contributed by atoms with van der Waals surface area (Å²) in [6, 6.07) is 0.501. The first-order valence-corrected chi connectivity index (χ1v) is 10.5. The molecular weight excluding hydrogens is 439 g/mol. The second-order valence-corrected chi connectivity index (χ2v) is 7.79. The maximum atomic E-state index is 5.39. The molecule has 1 aliphatic carbocycles. The Morgan fingerprint density at radius 1 is 1.15 bits per heavy atom. The van der Waals surface area contributed by atoms with Gasteiger partial charge in [0.1, 0.15) is 0 Å². The van der Waals surface area contributed by atoms with Crippen molar-refractivity contribution >= 4 is 29.9 Å². The largest absolute Gasteiger partial charge is 0.379 e. The van der Waals surface area contributed by atoms with Crippen LogP contribution in [0, 0.1) is 5.92 Å². The summed E-state index contributed by atoms with van der Waals surface area (Å²) < 4.78 is 5.39. The zero-order valence-electron chi connectivity index (χ0n) is 17.0. The number of hydrogen-bond donors (Lipinski definition) is 2. The van der Waals surface area contributed by atoms with E-state index in [1.165, 1.54) is 64.3 Å². The smallest absolute Gasteiger partial charge is 0.191 e. The van der Waals surface area contributed by atoms with Crippen molar-refractivity contribution in [1.29, 1.82) is 0 Å². The molecular formula is C20H41IN4O. The number of nitrogens with one attached hydrogen (secondary N) is 2. The minimum atomic E-state index is 0. The Labute approximate surface area is 178 Å². The van der Waals surface area contributed by atoms with Gasteiger partial charge in [-0.2, -0.15) is 0 Å². The van der Waals surface area contributed by atoms with Crippen molar-refractivity contribution in [3.63, 3.8) is 0 Å². The summed E-state index contributed by atoms with van der Waals surface area (Å²) in [6.45, 7) is 8.45. The number of guanidine groups is 1. The monoisotopic (exact) mass is 480 g/mol. The highest BCUT2D eigenvalue weighted by Crippen LogP contribution is 2.27. The van der Waals surface area contributed by atoms with Gasteiger partial charge in [-0.05, 0) is 45.1 Å². The predicted octanol–water partition coefficient (Wildman–Crippen LogP) is 3.63. The van der Waals surface area contributed by atoms with Crippen LogP contribution < -0.4 is 10.6 Å². The molecule has 2 aliphatic rings. The summed E-state index contributed by atoms with van der Waals surface area (Å²) in [5, 5.41) is 7.03. The zero-order valence-corrected chi connectivity index (χ0v) is 19.3. The van der Waals surface area contributed by atoms with E-state index in [4.69, 9.17) is 4.74 Å². The quantitative estimate of drug-likeness (QED) is 0.229. The highest BCUT2D eigenvalue weighted by Gasteiger charge is 2.15. The third-order valence-electron chi connectivity index (χ3n) is 5.64. The standard InChI is InChI=1S/C20H40N4O.HI/c1-18(10-11-19-8-4-3-5-9-19)23-20(21-2)22-12-6-7-13-24-14-16-25-17-15-24;/h18-19H,3-17H2,1-2H3,(H2,21,22,23);1H. The molecule has 0 amide bonds. The predicted molar refractivity (Wildman–Crippen MR) is 122 cm³/mol. The van der Waals surface area contributed by atoms with Crippen molar-refractivity contribution in [1.82, 2.24) is 15.5 Å². The molecule has 1 saturated carbocycles. The lowest BCUT2D eigenvalue weighted by Crippen LogP contribution is -2.43. The Morgan fingerprint density at radius 2 is 1.88 bits per heavy atom. The van der Waals surface area contributed by atoms with Crippen molar-refractivity contribution in [2.75, 3.05) is 46.4 Å². The molecule has 0 aromatic carbocycles. The first-order valence-electron chi connectivity index (χ1n) is 10.5. The number of nitrogens with zero attached hydrogens (tertiary/aromatic N) is 2. The molecule has 1 aliphatic heterocycles. The second-order valence-electron chi connectivity index (χ2n) is 7.79. The molecule has 0 bridgehead atoms. The summed E-state index contributed by atoms with van der Waals surface area (Å²) >= 11 is 0. The van der Waals surface area contributed by atoms with Crippen molar-refractivity contribution in [2.24, 2.45) is 10.9 Å². The lowest BCUT2D eigenvalue weighted by molar-refractivity contribution is 0.0372. The van der Waals surface area contributed by atoms with Gasteiger partial charge in [-0.25, -0.2) is 0 Å². The van der Waals surface area contributed by atoms with Gasteiger partial charge in [-0.3, -0.25) is 9.89 Å². The summed E-state index contributed by atoms with van der Waals surface area (Å²) in [5.74, 6) is 1.93. The lowest BCUT2D eigenvalue weighted by atomic mass is 9.85. The minimum absolute atomic E-state index is 0. The SMILES string of the molecule is CN=C(NCCCCN1CCOCC1)NC(C)CCC1CCCCC1.I. The van der Waals surface area contributed by atoms with Gasteiger partial charge in [0.05, 0.1) is 13.2 Å². The van der Waals surface area contributed by atoms with E-state index in [1.807, 2.05) is 7.05 Å². The highest BCUT2D eigenvalue weighted by molar-refractivity contribution is 14.0. The number of morpholine rings is 1. The minimum Gasteiger partial charge on any atom is -0.379 e. The molecule has 1 unspecified atom stereocenters. The van der Waals surface area contributed by atoms with Crippen LogP contribution in [0.2, 0.25) is 0 Å². The van der Waals surface area contributed by atoms with Gasteiger partial charge in [0, 0.05) is 32.7 Å². The van der Waals surface area contributed by atoms with Crippen molar-refractivity contribution in [3.05, 3.63) is 0 Å². The molecule has 2 rings (SSSR count). The first-order chi connectivity index (χ1) is 12.3. The molecule has 1 saturated heterocycles. The summed E-state index contributed by atoms with van der Waals surface area (Å²) in [7, 11) is 1.87. The van der Waals surface area contributed by atoms with Crippen molar-refractivity contribution in [3.8, 4) is 0 Å². The van der Waals surface area contributed by atoms with Gasteiger partial charge < -0.3 is 15.4 Å². The molecule has 0 radical (unpaired) electrons. The Balaban J connectivity index is 0.00000338. The van der Waals surface area contributed by atoms with Crippen LogP contribution in [0.15, 0.2) is 4.99 Å². The fraction of sp³-hybridized carbons (Fsp3) is 0.950. The number of halogens is 1. The number of ether oxygens (including phenoxy) is 1. The molecule has 0 spiro atoms. The molecule has 2 N–H and O–H groups in total. The Bertz CT molecular complexity index is 369. The van der Waals surface area contributed by atoms with Gasteiger partial charge in [0.25, 0.3) is 0 Å². The Hall–Kier alpha value is -0.0800. The van der Waals surface area contributed by atoms with Gasteiger partial charge in [-0.1, -0.05) is 32.1 Å². The van der Waals surface area contributed by atoms with Crippen LogP contribution in [0.5, 0.6) is 0 Å². The fourth-order valence-electron chi connectivity index (χ4n) is 3.95. The van der Waals surface area contributed by atoms with Crippen LogP contribution in [0.3, 0.4) is 0 Å². The number of aliphatic imine (C=N–C) groups is 1. The molecule has 0 aromatic heterocycles. The number of unbranched alkanes of at least 4 members (excludes halogenated alkanes) is 1. The summed E-state index contributed by atoms with van der Waals surface area (Å²) in [4.78, 5) is 6.88. The maximum absolute atomic E-state index is 5.39. The van der Waals surface area contributed by atoms with E-state index in [1.54, 1.807) is 0 Å². The highest BCUT2D eigenvalue weighted by atomic mass is 127. The molecule has 6 heteroatoms. The van der Waals surface area contributed by atoms with Crippen LogP contribution in [-0.4, -0.2) is 63.3 Å². The maximum Gasteiger partial charge on any atom is 0.191 e. The Kier molecular flexibility index (Phi) is 13.7. The van der Waals surface area contributed by atoms with E-state index >= 15 is 0 Å². The van der Waals surface area contributed by atoms with Crippen molar-refractivity contribution < 1.29 is 4.74 Å². The average Bonchev–Trinajstić information content (AvgIpc) is 2.67. The molecule has 1 heterocycles. The van der Waals surface area contributed by atoms with Gasteiger partial charge >= 0.3 is 0 Å². The normalized spacial score (nSPS) is 21.1. The van der Waals surface area contributed by atoms with Crippen molar-refractivity contribution in [2.45, 2.75) is 70.8 Å². The Morgan fingerprint density at radius 3 is 2.58 bits per heavy atom. The molecule has 1 atom stereocenters. The number of rotatable bonds is 9. The summed E-state index contributed by atoms with van der Waals surface area (Å²) in [5.41, 5.74) is 0. The van der Waals surface area contributed by atoms with E-state index in [0.29, 0.717) is 6.04 Å². The van der Waals surface area contributed by atoms with Crippen LogP contribution in [0.25, 0.3) is 0 Å². The zero-order chi connectivity index (χ0) is 17.7. The lowest BCUT2D eigenvalue weighted by Gasteiger charge is -2.26. The topological polar surface area (TPSA) is 48.9 Å². The molecule has 154 valence electrons. The fourth-order valence-corrected chi connectivity index (χ4v) is 3.95. The third kappa shape index (κ3) is 10.3. The van der Waals surface area contributed by atoms with E-state index in [-0.39, 0.29) is 24.0 Å². The molecule has 26 heavy (non-hydrogen) atoms. The second kappa shape index (κ2) is 14.9.